The summed E-state index contributed by atoms with van der Waals surface area (Å²) in [6.07, 6.45) is 1.19. The number of benzene rings is 1. The second-order valence-electron chi connectivity index (χ2n) is 5.58. The van der Waals surface area contributed by atoms with Gasteiger partial charge < -0.3 is 14.5 Å². The Labute approximate surface area is 121 Å². The Balaban J connectivity index is 2.24. The minimum Gasteiger partial charge on any atom is -0.497 e. The van der Waals surface area contributed by atoms with Crippen LogP contribution in [0.1, 0.15) is 18.0 Å². The predicted molar refractivity (Wildman–Crippen MR) is 81.6 cm³/mol. The highest BCUT2D eigenvalue weighted by atomic mass is 16.5. The molecule has 112 valence electrons. The van der Waals surface area contributed by atoms with Crippen LogP contribution >= 0.6 is 0 Å². The van der Waals surface area contributed by atoms with Gasteiger partial charge in [-0.25, -0.2) is 0 Å². The first-order chi connectivity index (χ1) is 9.65. The summed E-state index contributed by atoms with van der Waals surface area (Å²) in [6, 6.07) is 8.57. The lowest BCUT2D eigenvalue weighted by Gasteiger charge is -2.34. The molecule has 2 unspecified atom stereocenters. The molecule has 1 fully saturated rings. The van der Waals surface area contributed by atoms with E-state index in [4.69, 9.17) is 10.6 Å². The van der Waals surface area contributed by atoms with E-state index in [1.54, 1.807) is 7.11 Å². The van der Waals surface area contributed by atoms with Gasteiger partial charge in [0, 0.05) is 12.6 Å². The first kappa shape index (κ1) is 15.3. The number of hydrogen-bond acceptors (Lipinski definition) is 5. The Morgan fingerprint density at radius 2 is 2.15 bits per heavy atom. The Morgan fingerprint density at radius 3 is 2.85 bits per heavy atom. The third kappa shape index (κ3) is 3.49. The first-order valence-corrected chi connectivity index (χ1v) is 7.14. The maximum Gasteiger partial charge on any atom is 0.119 e. The van der Waals surface area contributed by atoms with E-state index in [-0.39, 0.29) is 6.04 Å². The molecule has 1 aliphatic rings. The molecule has 5 nitrogen and oxygen atoms in total. The van der Waals surface area contributed by atoms with E-state index in [0.717, 1.165) is 25.4 Å². The minimum atomic E-state index is 0.0932. The highest BCUT2D eigenvalue weighted by Crippen LogP contribution is 2.25. The molecular weight excluding hydrogens is 252 g/mol. The van der Waals surface area contributed by atoms with Gasteiger partial charge in [-0.3, -0.25) is 11.3 Å². The van der Waals surface area contributed by atoms with Gasteiger partial charge in [-0.15, -0.1) is 0 Å². The standard InChI is InChI=1S/C15H26N4O/c1-18-8-5-9-19(2)14(11-18)15(17-16)12-6-4-7-13(10-12)20-3/h4,6-7,10,14-15,17H,5,8-9,11,16H2,1-3H3. The summed E-state index contributed by atoms with van der Waals surface area (Å²) in [5.74, 6) is 6.72. The molecular formula is C15H26N4O. The highest BCUT2D eigenvalue weighted by Gasteiger charge is 2.29. The maximum absolute atomic E-state index is 5.85. The third-order valence-electron chi connectivity index (χ3n) is 4.13. The third-order valence-corrected chi connectivity index (χ3v) is 4.13. The molecule has 2 rings (SSSR count). The number of nitrogens with two attached hydrogens (primary N) is 1. The zero-order chi connectivity index (χ0) is 14.5. The summed E-state index contributed by atoms with van der Waals surface area (Å²) < 4.78 is 5.32. The molecule has 0 aliphatic carbocycles. The van der Waals surface area contributed by atoms with Crippen LogP contribution in [0.5, 0.6) is 5.75 Å². The number of nitrogens with zero attached hydrogens (tertiary/aromatic N) is 2. The van der Waals surface area contributed by atoms with E-state index < -0.39 is 0 Å². The molecule has 3 N–H and O–H groups in total. The summed E-state index contributed by atoms with van der Waals surface area (Å²) in [5, 5.41) is 0. The van der Waals surface area contributed by atoms with Crippen molar-refractivity contribution in [2.45, 2.75) is 18.5 Å². The van der Waals surface area contributed by atoms with Crippen LogP contribution in [0.15, 0.2) is 24.3 Å². The van der Waals surface area contributed by atoms with Crippen LogP contribution in [0, 0.1) is 0 Å². The number of likely N-dealkylation sites (N-methyl/N-ethyl adjacent to an activating group) is 2. The van der Waals surface area contributed by atoms with E-state index in [1.807, 2.05) is 12.1 Å². The largest absolute Gasteiger partial charge is 0.497 e. The average molecular weight is 278 g/mol. The summed E-state index contributed by atoms with van der Waals surface area (Å²) >= 11 is 0. The molecule has 20 heavy (non-hydrogen) atoms. The van der Waals surface area contributed by atoms with E-state index >= 15 is 0 Å². The topological polar surface area (TPSA) is 53.8 Å². The van der Waals surface area contributed by atoms with Crippen molar-refractivity contribution in [1.29, 1.82) is 0 Å². The first-order valence-electron chi connectivity index (χ1n) is 7.14. The van der Waals surface area contributed by atoms with Gasteiger partial charge >= 0.3 is 0 Å². The van der Waals surface area contributed by atoms with Crippen molar-refractivity contribution >= 4 is 0 Å². The van der Waals surface area contributed by atoms with Crippen molar-refractivity contribution in [3.63, 3.8) is 0 Å². The maximum atomic E-state index is 5.85. The Morgan fingerprint density at radius 1 is 1.35 bits per heavy atom. The molecule has 5 heteroatoms. The normalized spacial score (nSPS) is 23.3. The summed E-state index contributed by atoms with van der Waals surface area (Å²) in [7, 11) is 6.04. The van der Waals surface area contributed by atoms with E-state index in [0.29, 0.717) is 6.04 Å². The van der Waals surface area contributed by atoms with E-state index in [1.165, 1.54) is 12.0 Å². The molecule has 1 aliphatic heterocycles. The van der Waals surface area contributed by atoms with Crippen LogP contribution in [0.2, 0.25) is 0 Å². The number of methoxy groups -OCH3 is 1. The quantitative estimate of drug-likeness (QED) is 0.631. The highest BCUT2D eigenvalue weighted by molar-refractivity contribution is 5.31. The number of rotatable bonds is 4. The van der Waals surface area contributed by atoms with Crippen LogP contribution in [-0.4, -0.2) is 56.7 Å². The molecule has 0 saturated carbocycles. The van der Waals surface area contributed by atoms with Crippen molar-refractivity contribution < 1.29 is 4.74 Å². The molecule has 2 atom stereocenters. The second-order valence-corrected chi connectivity index (χ2v) is 5.58. The van der Waals surface area contributed by atoms with Crippen LogP contribution in [0.25, 0.3) is 0 Å². The van der Waals surface area contributed by atoms with Gasteiger partial charge in [-0.1, -0.05) is 12.1 Å². The van der Waals surface area contributed by atoms with Crippen molar-refractivity contribution in [3.8, 4) is 5.75 Å². The fraction of sp³-hybridized carbons (Fsp3) is 0.600. The van der Waals surface area contributed by atoms with Gasteiger partial charge in [0.05, 0.1) is 13.2 Å². The van der Waals surface area contributed by atoms with E-state index in [2.05, 4.69) is 41.5 Å². The molecule has 1 aromatic rings. The van der Waals surface area contributed by atoms with E-state index in [9.17, 15) is 0 Å². The molecule has 1 heterocycles. The minimum absolute atomic E-state index is 0.0932. The van der Waals surface area contributed by atoms with Crippen molar-refractivity contribution in [2.75, 3.05) is 40.8 Å². The van der Waals surface area contributed by atoms with Gasteiger partial charge in [0.25, 0.3) is 0 Å². The number of hydrogen-bond donors (Lipinski definition) is 2. The summed E-state index contributed by atoms with van der Waals surface area (Å²) in [5.41, 5.74) is 4.16. The molecule has 1 aromatic carbocycles. The lowest BCUT2D eigenvalue weighted by molar-refractivity contribution is 0.178. The van der Waals surface area contributed by atoms with Crippen LogP contribution in [0.3, 0.4) is 0 Å². The molecule has 0 bridgehead atoms. The number of nitrogens with one attached hydrogen (secondary N) is 1. The lowest BCUT2D eigenvalue weighted by Crippen LogP contribution is -2.48. The van der Waals surface area contributed by atoms with Crippen LogP contribution in [0.4, 0.5) is 0 Å². The van der Waals surface area contributed by atoms with Crippen LogP contribution in [-0.2, 0) is 0 Å². The Bertz CT molecular complexity index is 426. The van der Waals surface area contributed by atoms with Gasteiger partial charge in [0.2, 0.25) is 0 Å². The van der Waals surface area contributed by atoms with Crippen molar-refractivity contribution in [3.05, 3.63) is 29.8 Å². The van der Waals surface area contributed by atoms with Gasteiger partial charge in [0.1, 0.15) is 5.75 Å². The smallest absolute Gasteiger partial charge is 0.119 e. The molecule has 0 spiro atoms. The second kappa shape index (κ2) is 7.04. The Kier molecular flexibility index (Phi) is 5.37. The fourth-order valence-electron chi connectivity index (χ4n) is 2.93. The fourth-order valence-corrected chi connectivity index (χ4v) is 2.93. The Hall–Kier alpha value is -1.14. The summed E-state index contributed by atoms with van der Waals surface area (Å²) in [4.78, 5) is 4.77. The zero-order valence-electron chi connectivity index (χ0n) is 12.7. The van der Waals surface area contributed by atoms with Gasteiger partial charge in [-0.05, 0) is 51.3 Å². The monoisotopic (exact) mass is 278 g/mol. The number of ether oxygens (including phenoxy) is 1. The van der Waals surface area contributed by atoms with Crippen molar-refractivity contribution in [1.82, 2.24) is 15.2 Å². The summed E-state index contributed by atoms with van der Waals surface area (Å²) in [6.45, 7) is 3.23. The van der Waals surface area contributed by atoms with Gasteiger partial charge in [-0.2, -0.15) is 0 Å². The average Bonchev–Trinajstić information content (AvgIpc) is 2.62. The molecule has 0 amide bonds. The number of hydrazine groups is 1. The SMILES string of the molecule is COc1cccc(C(NN)C2CN(C)CCCN2C)c1. The molecule has 0 radical (unpaired) electrons. The van der Waals surface area contributed by atoms with Gasteiger partial charge in [0.15, 0.2) is 0 Å². The molecule has 1 saturated heterocycles. The molecule has 0 aromatic heterocycles. The lowest BCUT2D eigenvalue weighted by atomic mass is 9.98. The van der Waals surface area contributed by atoms with Crippen LogP contribution < -0.4 is 16.0 Å². The zero-order valence-corrected chi connectivity index (χ0v) is 12.7. The van der Waals surface area contributed by atoms with Crippen molar-refractivity contribution in [2.24, 2.45) is 5.84 Å². The predicted octanol–water partition coefficient (Wildman–Crippen LogP) is 0.836.